The van der Waals surface area contributed by atoms with Crippen molar-refractivity contribution in [3.63, 3.8) is 0 Å². The SMILES string of the molecule is CCC(C)N1C(=O)CC(NCC(C)N(C)C2CC2)C1=O. The summed E-state index contributed by atoms with van der Waals surface area (Å²) in [5, 5.41) is 3.28. The number of imide groups is 1. The Morgan fingerprint density at radius 3 is 2.55 bits per heavy atom. The van der Waals surface area contributed by atoms with Crippen molar-refractivity contribution in [3.05, 3.63) is 0 Å². The second-order valence-electron chi connectivity index (χ2n) is 6.27. The molecule has 2 amide bonds. The Kier molecular flexibility index (Phi) is 4.81. The number of nitrogens with zero attached hydrogens (tertiary/aromatic N) is 2. The van der Waals surface area contributed by atoms with Crippen LogP contribution in [0.3, 0.4) is 0 Å². The summed E-state index contributed by atoms with van der Waals surface area (Å²) in [4.78, 5) is 28.0. The number of carbonyl (C=O) groups excluding carboxylic acids is 2. The molecule has 1 heterocycles. The van der Waals surface area contributed by atoms with E-state index in [1.54, 1.807) is 0 Å². The topological polar surface area (TPSA) is 52.7 Å². The van der Waals surface area contributed by atoms with Crippen LogP contribution in [-0.4, -0.2) is 59.4 Å². The predicted octanol–water partition coefficient (Wildman–Crippen LogP) is 0.985. The Morgan fingerprint density at radius 1 is 1.35 bits per heavy atom. The molecule has 2 aliphatic rings. The molecule has 0 aromatic heterocycles. The summed E-state index contributed by atoms with van der Waals surface area (Å²) in [5.41, 5.74) is 0. The zero-order valence-corrected chi connectivity index (χ0v) is 13.1. The van der Waals surface area contributed by atoms with Crippen molar-refractivity contribution in [1.82, 2.24) is 15.1 Å². The number of likely N-dealkylation sites (N-methyl/N-ethyl adjacent to an activating group) is 1. The van der Waals surface area contributed by atoms with E-state index in [0.29, 0.717) is 18.5 Å². The van der Waals surface area contributed by atoms with Crippen molar-refractivity contribution < 1.29 is 9.59 Å². The van der Waals surface area contributed by atoms with E-state index >= 15 is 0 Å². The highest BCUT2D eigenvalue weighted by atomic mass is 16.2. The molecule has 3 atom stereocenters. The molecular weight excluding hydrogens is 254 g/mol. The number of amides is 2. The lowest BCUT2D eigenvalue weighted by molar-refractivity contribution is -0.141. The molecule has 3 unspecified atom stereocenters. The molecule has 20 heavy (non-hydrogen) atoms. The normalized spacial score (nSPS) is 26.4. The first-order chi connectivity index (χ1) is 9.45. The zero-order chi connectivity index (χ0) is 14.9. The Labute approximate surface area is 121 Å². The maximum atomic E-state index is 12.3. The van der Waals surface area contributed by atoms with Crippen LogP contribution in [0.25, 0.3) is 0 Å². The second kappa shape index (κ2) is 6.22. The molecule has 1 saturated carbocycles. The molecule has 0 spiro atoms. The fraction of sp³-hybridized carbons (Fsp3) is 0.867. The van der Waals surface area contributed by atoms with Gasteiger partial charge in [-0.15, -0.1) is 0 Å². The Bertz CT molecular complexity index is 381. The summed E-state index contributed by atoms with van der Waals surface area (Å²) >= 11 is 0. The summed E-state index contributed by atoms with van der Waals surface area (Å²) in [7, 11) is 2.14. The molecule has 5 nitrogen and oxygen atoms in total. The van der Waals surface area contributed by atoms with E-state index in [9.17, 15) is 9.59 Å². The van der Waals surface area contributed by atoms with Gasteiger partial charge in [0.2, 0.25) is 11.8 Å². The van der Waals surface area contributed by atoms with E-state index < -0.39 is 0 Å². The van der Waals surface area contributed by atoms with Crippen molar-refractivity contribution in [1.29, 1.82) is 0 Å². The molecular formula is C15H27N3O2. The standard InChI is InChI=1S/C15H27N3O2/c1-5-10(2)18-14(19)8-13(15(18)20)16-9-11(3)17(4)12-6-7-12/h10-13,16H,5-9H2,1-4H3. The van der Waals surface area contributed by atoms with Crippen molar-refractivity contribution in [2.24, 2.45) is 0 Å². The molecule has 2 rings (SSSR count). The lowest BCUT2D eigenvalue weighted by atomic mass is 10.2. The van der Waals surface area contributed by atoms with Crippen molar-refractivity contribution in [2.45, 2.75) is 70.6 Å². The third kappa shape index (κ3) is 3.20. The summed E-state index contributed by atoms with van der Waals surface area (Å²) < 4.78 is 0. The number of hydrogen-bond donors (Lipinski definition) is 1. The maximum Gasteiger partial charge on any atom is 0.247 e. The van der Waals surface area contributed by atoms with Crippen molar-refractivity contribution in [2.75, 3.05) is 13.6 Å². The molecule has 1 N–H and O–H groups in total. The van der Waals surface area contributed by atoms with E-state index in [1.165, 1.54) is 17.7 Å². The van der Waals surface area contributed by atoms with Crippen LogP contribution >= 0.6 is 0 Å². The van der Waals surface area contributed by atoms with Crippen LogP contribution in [0, 0.1) is 0 Å². The molecule has 0 radical (unpaired) electrons. The summed E-state index contributed by atoms with van der Waals surface area (Å²) in [6, 6.07) is 0.785. The van der Waals surface area contributed by atoms with Gasteiger partial charge in [-0.25, -0.2) is 0 Å². The molecule has 2 fully saturated rings. The van der Waals surface area contributed by atoms with Gasteiger partial charge in [0.1, 0.15) is 0 Å². The molecule has 114 valence electrons. The number of rotatable bonds is 7. The molecule has 1 saturated heterocycles. The van der Waals surface area contributed by atoms with Crippen LogP contribution in [0.5, 0.6) is 0 Å². The van der Waals surface area contributed by atoms with Crippen molar-refractivity contribution in [3.8, 4) is 0 Å². The summed E-state index contributed by atoms with van der Waals surface area (Å²) in [6.07, 6.45) is 3.68. The Morgan fingerprint density at radius 2 is 2.00 bits per heavy atom. The van der Waals surface area contributed by atoms with Crippen LogP contribution in [0.2, 0.25) is 0 Å². The molecule has 1 aliphatic heterocycles. The Balaban J connectivity index is 1.84. The first-order valence-electron chi connectivity index (χ1n) is 7.76. The highest BCUT2D eigenvalue weighted by Crippen LogP contribution is 2.27. The van der Waals surface area contributed by atoms with Gasteiger partial charge < -0.3 is 5.32 Å². The highest BCUT2D eigenvalue weighted by Gasteiger charge is 2.40. The van der Waals surface area contributed by atoms with Crippen LogP contribution in [0.1, 0.15) is 46.5 Å². The lowest BCUT2D eigenvalue weighted by Crippen LogP contribution is -2.46. The van der Waals surface area contributed by atoms with Gasteiger partial charge in [0, 0.05) is 24.7 Å². The fourth-order valence-corrected chi connectivity index (χ4v) is 2.75. The van der Waals surface area contributed by atoms with E-state index in [4.69, 9.17) is 0 Å². The minimum absolute atomic E-state index is 0.00774. The first kappa shape index (κ1) is 15.4. The number of nitrogens with one attached hydrogen (secondary N) is 1. The van der Waals surface area contributed by atoms with E-state index in [0.717, 1.165) is 13.0 Å². The monoisotopic (exact) mass is 281 g/mol. The Hall–Kier alpha value is -0.940. The van der Waals surface area contributed by atoms with Crippen LogP contribution < -0.4 is 5.32 Å². The number of carbonyl (C=O) groups is 2. The van der Waals surface area contributed by atoms with Gasteiger partial charge in [0.25, 0.3) is 0 Å². The minimum atomic E-state index is -0.327. The third-order valence-corrected chi connectivity index (χ3v) is 4.69. The largest absolute Gasteiger partial charge is 0.304 e. The maximum absolute atomic E-state index is 12.3. The van der Waals surface area contributed by atoms with Gasteiger partial charge in [0.15, 0.2) is 0 Å². The lowest BCUT2D eigenvalue weighted by Gasteiger charge is -2.26. The highest BCUT2D eigenvalue weighted by molar-refractivity contribution is 6.05. The molecule has 0 aromatic carbocycles. The number of likely N-dealkylation sites (tertiary alicyclic amines) is 1. The van der Waals surface area contributed by atoms with Gasteiger partial charge in [-0.2, -0.15) is 0 Å². The van der Waals surface area contributed by atoms with Crippen LogP contribution in [0.15, 0.2) is 0 Å². The van der Waals surface area contributed by atoms with Gasteiger partial charge in [-0.1, -0.05) is 6.92 Å². The van der Waals surface area contributed by atoms with Gasteiger partial charge in [-0.05, 0) is 40.2 Å². The second-order valence-corrected chi connectivity index (χ2v) is 6.27. The average Bonchev–Trinajstić information content (AvgIpc) is 3.22. The molecule has 5 heteroatoms. The first-order valence-corrected chi connectivity index (χ1v) is 7.76. The number of hydrogen-bond acceptors (Lipinski definition) is 4. The third-order valence-electron chi connectivity index (χ3n) is 4.69. The predicted molar refractivity (Wildman–Crippen MR) is 78.3 cm³/mol. The van der Waals surface area contributed by atoms with Crippen molar-refractivity contribution >= 4 is 11.8 Å². The molecule has 0 aromatic rings. The average molecular weight is 281 g/mol. The van der Waals surface area contributed by atoms with Crippen LogP contribution in [0.4, 0.5) is 0 Å². The van der Waals surface area contributed by atoms with Gasteiger partial charge in [0.05, 0.1) is 12.5 Å². The quantitative estimate of drug-likeness (QED) is 0.707. The van der Waals surface area contributed by atoms with E-state index in [2.05, 4.69) is 24.2 Å². The molecule has 1 aliphatic carbocycles. The van der Waals surface area contributed by atoms with Gasteiger partial charge >= 0.3 is 0 Å². The molecule has 0 bridgehead atoms. The van der Waals surface area contributed by atoms with E-state index in [1.807, 2.05) is 13.8 Å². The van der Waals surface area contributed by atoms with Crippen LogP contribution in [-0.2, 0) is 9.59 Å². The summed E-state index contributed by atoms with van der Waals surface area (Å²) in [5.74, 6) is -0.0873. The smallest absolute Gasteiger partial charge is 0.247 e. The summed E-state index contributed by atoms with van der Waals surface area (Å²) in [6.45, 7) is 6.85. The van der Waals surface area contributed by atoms with Gasteiger partial charge in [-0.3, -0.25) is 19.4 Å². The van der Waals surface area contributed by atoms with E-state index in [-0.39, 0.29) is 23.9 Å². The zero-order valence-electron chi connectivity index (χ0n) is 13.1. The fourth-order valence-electron chi connectivity index (χ4n) is 2.75. The minimum Gasteiger partial charge on any atom is -0.304 e.